The molecule has 0 aliphatic carbocycles. The van der Waals surface area contributed by atoms with Crippen molar-refractivity contribution in [3.63, 3.8) is 0 Å². The van der Waals surface area contributed by atoms with Crippen molar-refractivity contribution < 1.29 is 9.53 Å². The van der Waals surface area contributed by atoms with Crippen molar-refractivity contribution in [1.29, 1.82) is 0 Å². The van der Waals surface area contributed by atoms with Gasteiger partial charge >= 0.3 is 6.03 Å². The van der Waals surface area contributed by atoms with Gasteiger partial charge in [0.05, 0.1) is 6.54 Å². The first kappa shape index (κ1) is 18.6. The molecule has 0 fully saturated rings. The van der Waals surface area contributed by atoms with E-state index in [4.69, 9.17) is 16.3 Å². The lowest BCUT2D eigenvalue weighted by Crippen LogP contribution is -2.47. The van der Waals surface area contributed by atoms with Crippen molar-refractivity contribution in [3.8, 4) is 5.75 Å². The summed E-state index contributed by atoms with van der Waals surface area (Å²) in [5.74, 6) is 0.712. The Morgan fingerprint density at radius 3 is 2.64 bits per heavy atom. The second kappa shape index (κ2) is 9.54. The number of hydrogen-bond acceptors (Lipinski definition) is 3. The van der Waals surface area contributed by atoms with Gasteiger partial charge in [-0.2, -0.15) is 0 Å². The number of halogens is 1. The first-order valence-electron chi connectivity index (χ1n) is 7.47. The predicted molar refractivity (Wildman–Crippen MR) is 90.7 cm³/mol. The Morgan fingerprint density at radius 2 is 2.05 bits per heavy atom. The smallest absolute Gasteiger partial charge is 0.317 e. The third-order valence-corrected chi connectivity index (χ3v) is 3.35. The Kier molecular flexibility index (Phi) is 8.06. The highest BCUT2D eigenvalue weighted by molar-refractivity contribution is 6.30. The van der Waals surface area contributed by atoms with Crippen LogP contribution in [-0.2, 0) is 0 Å². The SMILES string of the molecule is CC(C)N(CCOc1cccc(Cl)c1)C(=O)NCCN(C)C. The first-order valence-corrected chi connectivity index (χ1v) is 7.85. The van der Waals surface area contributed by atoms with Crippen molar-refractivity contribution in [2.75, 3.05) is 40.3 Å². The van der Waals surface area contributed by atoms with Gasteiger partial charge in [-0.15, -0.1) is 0 Å². The van der Waals surface area contributed by atoms with Gasteiger partial charge < -0.3 is 19.9 Å². The van der Waals surface area contributed by atoms with Gasteiger partial charge in [0.2, 0.25) is 0 Å². The highest BCUT2D eigenvalue weighted by Gasteiger charge is 2.16. The molecular weight excluding hydrogens is 302 g/mol. The molecule has 6 heteroatoms. The third kappa shape index (κ3) is 7.00. The summed E-state index contributed by atoms with van der Waals surface area (Å²) in [5.41, 5.74) is 0. The second-order valence-electron chi connectivity index (χ2n) is 5.63. The minimum atomic E-state index is -0.0634. The molecule has 2 amide bonds. The van der Waals surface area contributed by atoms with Crippen LogP contribution < -0.4 is 10.1 Å². The molecule has 5 nitrogen and oxygen atoms in total. The van der Waals surface area contributed by atoms with E-state index in [9.17, 15) is 4.79 Å². The van der Waals surface area contributed by atoms with E-state index in [0.717, 1.165) is 6.54 Å². The maximum Gasteiger partial charge on any atom is 0.317 e. The number of benzene rings is 1. The summed E-state index contributed by atoms with van der Waals surface area (Å²) >= 11 is 5.91. The van der Waals surface area contributed by atoms with Crippen molar-refractivity contribution in [3.05, 3.63) is 29.3 Å². The van der Waals surface area contributed by atoms with Crippen LogP contribution in [0.2, 0.25) is 5.02 Å². The quantitative estimate of drug-likeness (QED) is 0.798. The minimum Gasteiger partial charge on any atom is -0.492 e. The van der Waals surface area contributed by atoms with Crippen molar-refractivity contribution in [2.24, 2.45) is 0 Å². The molecule has 1 rings (SSSR count). The van der Waals surface area contributed by atoms with Gasteiger partial charge in [-0.1, -0.05) is 17.7 Å². The lowest BCUT2D eigenvalue weighted by Gasteiger charge is -2.27. The van der Waals surface area contributed by atoms with Crippen LogP contribution in [0.5, 0.6) is 5.75 Å². The molecule has 124 valence electrons. The van der Waals surface area contributed by atoms with Crippen LogP contribution >= 0.6 is 11.6 Å². The Bertz CT molecular complexity index is 466. The molecule has 22 heavy (non-hydrogen) atoms. The molecule has 0 aromatic heterocycles. The fraction of sp³-hybridized carbons (Fsp3) is 0.562. The Hall–Kier alpha value is -1.46. The molecule has 0 heterocycles. The summed E-state index contributed by atoms with van der Waals surface area (Å²) in [6, 6.07) is 7.30. The number of carbonyl (C=O) groups is 1. The number of ether oxygens (including phenoxy) is 1. The highest BCUT2D eigenvalue weighted by Crippen LogP contribution is 2.17. The molecule has 0 aliphatic heterocycles. The molecule has 0 unspecified atom stereocenters. The maximum absolute atomic E-state index is 12.2. The van der Waals surface area contributed by atoms with Gasteiger partial charge in [0, 0.05) is 24.2 Å². The van der Waals surface area contributed by atoms with Gasteiger partial charge in [0.25, 0.3) is 0 Å². The number of nitrogens with zero attached hydrogens (tertiary/aromatic N) is 2. The van der Waals surface area contributed by atoms with Crippen LogP contribution in [0.4, 0.5) is 4.79 Å². The average Bonchev–Trinajstić information content (AvgIpc) is 2.42. The van der Waals surface area contributed by atoms with E-state index in [2.05, 4.69) is 5.32 Å². The Morgan fingerprint density at radius 1 is 1.32 bits per heavy atom. The predicted octanol–water partition coefficient (Wildman–Crippen LogP) is 2.70. The standard InChI is InChI=1S/C16H26ClN3O2/c1-13(2)20(16(21)18-8-9-19(3)4)10-11-22-15-7-5-6-14(17)12-15/h5-7,12-13H,8-11H2,1-4H3,(H,18,21). The van der Waals surface area contributed by atoms with Gasteiger partial charge in [-0.3, -0.25) is 0 Å². The largest absolute Gasteiger partial charge is 0.492 e. The summed E-state index contributed by atoms with van der Waals surface area (Å²) in [7, 11) is 3.95. The second-order valence-corrected chi connectivity index (χ2v) is 6.06. The molecule has 1 aromatic carbocycles. The Labute approximate surface area is 138 Å². The zero-order valence-electron chi connectivity index (χ0n) is 13.8. The zero-order chi connectivity index (χ0) is 16.5. The maximum atomic E-state index is 12.2. The van der Waals surface area contributed by atoms with E-state index in [1.54, 1.807) is 17.0 Å². The Balaban J connectivity index is 2.42. The number of rotatable bonds is 8. The zero-order valence-corrected chi connectivity index (χ0v) is 14.6. The van der Waals surface area contributed by atoms with E-state index in [0.29, 0.717) is 30.5 Å². The summed E-state index contributed by atoms with van der Waals surface area (Å²) in [5, 5.41) is 3.56. The van der Waals surface area contributed by atoms with Crippen LogP contribution in [-0.4, -0.2) is 62.2 Å². The minimum absolute atomic E-state index is 0.0634. The van der Waals surface area contributed by atoms with Crippen molar-refractivity contribution in [2.45, 2.75) is 19.9 Å². The number of hydrogen-bond donors (Lipinski definition) is 1. The number of urea groups is 1. The third-order valence-electron chi connectivity index (χ3n) is 3.12. The van der Waals surface area contributed by atoms with Gasteiger partial charge in [0.15, 0.2) is 0 Å². The van der Waals surface area contributed by atoms with Gasteiger partial charge in [-0.05, 0) is 46.1 Å². The van der Waals surface area contributed by atoms with E-state index < -0.39 is 0 Å². The molecule has 0 saturated carbocycles. The number of nitrogens with one attached hydrogen (secondary N) is 1. The fourth-order valence-corrected chi connectivity index (χ4v) is 2.08. The van der Waals surface area contributed by atoms with E-state index in [1.807, 2.05) is 45.0 Å². The highest BCUT2D eigenvalue weighted by atomic mass is 35.5. The summed E-state index contributed by atoms with van der Waals surface area (Å²) in [4.78, 5) is 16.0. The lowest BCUT2D eigenvalue weighted by molar-refractivity contribution is 0.165. The first-order chi connectivity index (χ1) is 10.4. The van der Waals surface area contributed by atoms with Crippen LogP contribution in [0.25, 0.3) is 0 Å². The molecule has 0 aliphatic rings. The number of amides is 2. The molecule has 0 spiro atoms. The van der Waals surface area contributed by atoms with Crippen LogP contribution in [0.15, 0.2) is 24.3 Å². The number of carbonyl (C=O) groups excluding carboxylic acids is 1. The lowest BCUT2D eigenvalue weighted by atomic mass is 10.3. The van der Waals surface area contributed by atoms with Crippen LogP contribution in [0.1, 0.15) is 13.8 Å². The van der Waals surface area contributed by atoms with E-state index in [-0.39, 0.29) is 12.1 Å². The average molecular weight is 328 g/mol. The topological polar surface area (TPSA) is 44.8 Å². The molecular formula is C16H26ClN3O2. The normalized spacial score (nSPS) is 10.9. The molecule has 0 radical (unpaired) electrons. The molecule has 0 atom stereocenters. The van der Waals surface area contributed by atoms with E-state index in [1.165, 1.54) is 0 Å². The van der Waals surface area contributed by atoms with Crippen LogP contribution in [0.3, 0.4) is 0 Å². The summed E-state index contributed by atoms with van der Waals surface area (Å²) in [6.45, 7) is 6.38. The van der Waals surface area contributed by atoms with Crippen molar-refractivity contribution in [1.82, 2.24) is 15.1 Å². The molecule has 0 bridgehead atoms. The van der Waals surface area contributed by atoms with E-state index >= 15 is 0 Å². The van der Waals surface area contributed by atoms with Gasteiger partial charge in [-0.25, -0.2) is 4.79 Å². The number of likely N-dealkylation sites (N-methyl/N-ethyl adjacent to an activating group) is 1. The van der Waals surface area contributed by atoms with Crippen LogP contribution in [0, 0.1) is 0 Å². The molecule has 1 aromatic rings. The van der Waals surface area contributed by atoms with Crippen molar-refractivity contribution >= 4 is 17.6 Å². The molecule has 0 saturated heterocycles. The molecule has 1 N–H and O–H groups in total. The fourth-order valence-electron chi connectivity index (χ4n) is 1.90. The summed E-state index contributed by atoms with van der Waals surface area (Å²) < 4.78 is 5.65. The summed E-state index contributed by atoms with van der Waals surface area (Å²) in [6.07, 6.45) is 0. The monoisotopic (exact) mass is 327 g/mol. The van der Waals surface area contributed by atoms with Gasteiger partial charge in [0.1, 0.15) is 12.4 Å².